The van der Waals surface area contributed by atoms with Gasteiger partial charge in [0.25, 0.3) is 5.91 Å². The Hall–Kier alpha value is -2.77. The van der Waals surface area contributed by atoms with Gasteiger partial charge in [0, 0.05) is 19.3 Å². The highest BCUT2D eigenvalue weighted by Gasteiger charge is 2.22. The third kappa shape index (κ3) is 2.99. The molecule has 0 fully saturated rings. The molecular weight excluding hydrogens is 306 g/mol. The van der Waals surface area contributed by atoms with E-state index in [4.69, 9.17) is 0 Å². The number of carbonyl (C=O) groups is 1. The van der Waals surface area contributed by atoms with Crippen molar-refractivity contribution in [3.8, 4) is 0 Å². The van der Waals surface area contributed by atoms with Crippen molar-refractivity contribution in [1.82, 2.24) is 34.7 Å². The molecule has 0 bridgehead atoms. The van der Waals surface area contributed by atoms with Gasteiger partial charge in [-0.2, -0.15) is 10.2 Å². The van der Waals surface area contributed by atoms with Gasteiger partial charge in [-0.05, 0) is 19.3 Å². The first kappa shape index (κ1) is 16.1. The fraction of sp³-hybridized carbons (Fsp3) is 0.438. The molecule has 0 aromatic carbocycles. The SMILES string of the molecule is Cc1c(C(=O)N[C@H](CC(C)C)c2ncnn2C)cnc2ccnn12. The molecule has 3 aromatic heterocycles. The first-order valence-corrected chi connectivity index (χ1v) is 7.91. The summed E-state index contributed by atoms with van der Waals surface area (Å²) in [6, 6.07) is 1.59. The van der Waals surface area contributed by atoms with Crippen molar-refractivity contribution in [2.24, 2.45) is 13.0 Å². The normalized spacial score (nSPS) is 12.7. The highest BCUT2D eigenvalue weighted by atomic mass is 16.1. The number of hydrogen-bond acceptors (Lipinski definition) is 5. The number of fused-ring (bicyclic) bond motifs is 1. The van der Waals surface area contributed by atoms with E-state index in [1.807, 2.05) is 14.0 Å². The summed E-state index contributed by atoms with van der Waals surface area (Å²) < 4.78 is 3.35. The van der Waals surface area contributed by atoms with Crippen LogP contribution < -0.4 is 5.32 Å². The number of amides is 1. The van der Waals surface area contributed by atoms with E-state index in [1.165, 1.54) is 6.33 Å². The lowest BCUT2D eigenvalue weighted by molar-refractivity contribution is 0.0927. The largest absolute Gasteiger partial charge is 0.342 e. The minimum Gasteiger partial charge on any atom is -0.342 e. The van der Waals surface area contributed by atoms with Crippen LogP contribution in [0.25, 0.3) is 5.65 Å². The van der Waals surface area contributed by atoms with Crippen LogP contribution in [-0.4, -0.2) is 35.3 Å². The van der Waals surface area contributed by atoms with Crippen LogP contribution in [0.1, 0.15) is 48.2 Å². The molecule has 0 saturated carbocycles. The Morgan fingerprint density at radius 1 is 1.29 bits per heavy atom. The Labute approximate surface area is 139 Å². The lowest BCUT2D eigenvalue weighted by Gasteiger charge is -2.20. The molecule has 3 aromatic rings. The summed E-state index contributed by atoms with van der Waals surface area (Å²) in [7, 11) is 1.82. The minimum atomic E-state index is -0.210. The lowest BCUT2D eigenvalue weighted by Crippen LogP contribution is -2.32. The van der Waals surface area contributed by atoms with Crippen molar-refractivity contribution >= 4 is 11.6 Å². The zero-order valence-electron chi connectivity index (χ0n) is 14.3. The quantitative estimate of drug-likeness (QED) is 0.770. The molecule has 0 aliphatic heterocycles. The van der Waals surface area contributed by atoms with Gasteiger partial charge in [0.1, 0.15) is 12.2 Å². The second-order valence-corrected chi connectivity index (χ2v) is 6.26. The molecule has 3 rings (SSSR count). The second-order valence-electron chi connectivity index (χ2n) is 6.26. The molecule has 0 radical (unpaired) electrons. The van der Waals surface area contributed by atoms with Gasteiger partial charge in [0.15, 0.2) is 5.65 Å². The van der Waals surface area contributed by atoms with Crippen molar-refractivity contribution in [1.29, 1.82) is 0 Å². The summed E-state index contributed by atoms with van der Waals surface area (Å²) in [6.45, 7) is 6.08. The lowest BCUT2D eigenvalue weighted by atomic mass is 10.0. The Bertz CT molecular complexity index is 864. The summed E-state index contributed by atoms with van der Waals surface area (Å²) in [5.74, 6) is 0.952. The third-order valence-corrected chi connectivity index (χ3v) is 3.97. The number of nitrogens with one attached hydrogen (secondary N) is 1. The molecule has 1 amide bonds. The zero-order chi connectivity index (χ0) is 17.3. The molecule has 3 heterocycles. The summed E-state index contributed by atoms with van der Waals surface area (Å²) in [5.41, 5.74) is 1.97. The highest BCUT2D eigenvalue weighted by molar-refractivity contribution is 5.95. The monoisotopic (exact) mass is 327 g/mol. The topological polar surface area (TPSA) is 90.0 Å². The molecule has 0 aliphatic carbocycles. The van der Waals surface area contributed by atoms with Crippen LogP contribution in [0.4, 0.5) is 0 Å². The van der Waals surface area contributed by atoms with Gasteiger partial charge in [-0.1, -0.05) is 13.8 Å². The van der Waals surface area contributed by atoms with E-state index in [0.717, 1.165) is 23.6 Å². The molecule has 0 aliphatic rings. The van der Waals surface area contributed by atoms with Crippen LogP contribution in [0.15, 0.2) is 24.8 Å². The van der Waals surface area contributed by atoms with Crippen molar-refractivity contribution in [3.63, 3.8) is 0 Å². The molecule has 1 atom stereocenters. The first-order valence-electron chi connectivity index (χ1n) is 7.91. The smallest absolute Gasteiger partial charge is 0.255 e. The maximum atomic E-state index is 12.8. The van der Waals surface area contributed by atoms with E-state index in [1.54, 1.807) is 27.7 Å². The van der Waals surface area contributed by atoms with Gasteiger partial charge in [0.2, 0.25) is 0 Å². The van der Waals surface area contributed by atoms with Crippen LogP contribution >= 0.6 is 0 Å². The summed E-state index contributed by atoms with van der Waals surface area (Å²) in [6.07, 6.45) is 5.52. The molecular formula is C16H21N7O. The van der Waals surface area contributed by atoms with E-state index in [9.17, 15) is 4.79 Å². The molecule has 8 heteroatoms. The Kier molecular flexibility index (Phi) is 4.28. The zero-order valence-corrected chi connectivity index (χ0v) is 14.3. The molecule has 1 N–H and O–H groups in total. The number of nitrogens with zero attached hydrogens (tertiary/aromatic N) is 6. The fourth-order valence-corrected chi connectivity index (χ4v) is 2.77. The van der Waals surface area contributed by atoms with Crippen molar-refractivity contribution in [2.45, 2.75) is 33.2 Å². The van der Waals surface area contributed by atoms with Gasteiger partial charge >= 0.3 is 0 Å². The highest BCUT2D eigenvalue weighted by Crippen LogP contribution is 2.20. The van der Waals surface area contributed by atoms with Crippen LogP contribution in [0.3, 0.4) is 0 Å². The minimum absolute atomic E-state index is 0.189. The van der Waals surface area contributed by atoms with Crippen LogP contribution in [-0.2, 0) is 7.05 Å². The summed E-state index contributed by atoms with van der Waals surface area (Å²) in [4.78, 5) is 21.3. The Morgan fingerprint density at radius 2 is 2.08 bits per heavy atom. The maximum absolute atomic E-state index is 12.8. The maximum Gasteiger partial charge on any atom is 0.255 e. The van der Waals surface area contributed by atoms with Crippen molar-refractivity contribution in [3.05, 3.63) is 41.9 Å². The Morgan fingerprint density at radius 3 is 2.75 bits per heavy atom. The number of hydrogen-bond donors (Lipinski definition) is 1. The van der Waals surface area contributed by atoms with Gasteiger partial charge < -0.3 is 5.32 Å². The van der Waals surface area contributed by atoms with E-state index < -0.39 is 0 Å². The van der Waals surface area contributed by atoms with Gasteiger partial charge in [0.05, 0.1) is 23.5 Å². The first-order chi connectivity index (χ1) is 11.5. The fourth-order valence-electron chi connectivity index (χ4n) is 2.77. The standard InChI is InChI=1S/C16H21N7O/c1-10(2)7-13(15-18-9-20-22(15)4)21-16(24)12-8-17-14-5-6-19-23(14)11(12)3/h5-6,8-10,13H,7H2,1-4H3,(H,21,24)/t13-/m1/s1. The summed E-state index contributed by atoms with van der Waals surface area (Å²) in [5, 5.41) is 11.4. The molecule has 0 unspecified atom stereocenters. The van der Waals surface area contributed by atoms with Gasteiger partial charge in [-0.25, -0.2) is 14.5 Å². The van der Waals surface area contributed by atoms with Crippen LogP contribution in [0.2, 0.25) is 0 Å². The average molecular weight is 327 g/mol. The Balaban J connectivity index is 1.89. The average Bonchev–Trinajstić information content (AvgIpc) is 3.15. The van der Waals surface area contributed by atoms with Crippen LogP contribution in [0, 0.1) is 12.8 Å². The molecule has 126 valence electrons. The molecule has 24 heavy (non-hydrogen) atoms. The summed E-state index contributed by atoms with van der Waals surface area (Å²) >= 11 is 0. The number of aryl methyl sites for hydroxylation is 2. The number of rotatable bonds is 5. The third-order valence-electron chi connectivity index (χ3n) is 3.97. The van der Waals surface area contributed by atoms with E-state index in [-0.39, 0.29) is 11.9 Å². The molecule has 0 saturated heterocycles. The van der Waals surface area contributed by atoms with Crippen LogP contribution in [0.5, 0.6) is 0 Å². The molecule has 8 nitrogen and oxygen atoms in total. The van der Waals surface area contributed by atoms with E-state index in [2.05, 4.69) is 39.3 Å². The van der Waals surface area contributed by atoms with Crippen molar-refractivity contribution in [2.75, 3.05) is 0 Å². The van der Waals surface area contributed by atoms with E-state index >= 15 is 0 Å². The van der Waals surface area contributed by atoms with Gasteiger partial charge in [-0.3, -0.25) is 9.48 Å². The predicted molar refractivity (Wildman–Crippen MR) is 88.4 cm³/mol. The number of aromatic nitrogens is 6. The van der Waals surface area contributed by atoms with Gasteiger partial charge in [-0.15, -0.1) is 0 Å². The van der Waals surface area contributed by atoms with E-state index in [0.29, 0.717) is 11.5 Å². The number of carbonyl (C=O) groups excluding carboxylic acids is 1. The van der Waals surface area contributed by atoms with Crippen molar-refractivity contribution < 1.29 is 4.79 Å². The predicted octanol–water partition coefficient (Wildman–Crippen LogP) is 1.68. The second kappa shape index (κ2) is 6.38. The molecule has 0 spiro atoms.